The Kier molecular flexibility index (Phi) is 8.34. The molecule has 1 aliphatic carbocycles. The van der Waals surface area contributed by atoms with Gasteiger partial charge in [0.2, 0.25) is 17.7 Å². The number of halogens is 5. The smallest absolute Gasteiger partial charge is 0.356 e. The van der Waals surface area contributed by atoms with Crippen molar-refractivity contribution in [3.8, 4) is 6.07 Å². The lowest BCUT2D eigenvalue weighted by Gasteiger charge is -2.54. The maximum absolute atomic E-state index is 14.9. The molecule has 1 saturated carbocycles. The van der Waals surface area contributed by atoms with Gasteiger partial charge < -0.3 is 20.9 Å². The lowest BCUT2D eigenvalue weighted by atomic mass is 9.71. The van der Waals surface area contributed by atoms with E-state index < -0.39 is 72.2 Å². The highest BCUT2D eigenvalue weighted by Crippen LogP contribution is 2.49. The number of nitrogens with zero attached hydrogens (tertiary/aromatic N) is 2. The first-order chi connectivity index (χ1) is 17.2. The van der Waals surface area contributed by atoms with Crippen molar-refractivity contribution in [1.29, 1.82) is 5.26 Å². The highest BCUT2D eigenvalue weighted by atomic mass is 19.4. The molecule has 3 N–H and O–H groups in total. The molecule has 3 saturated heterocycles. The number of amides is 4. The van der Waals surface area contributed by atoms with Crippen molar-refractivity contribution in [3.05, 3.63) is 0 Å². The summed E-state index contributed by atoms with van der Waals surface area (Å²) in [5.74, 6) is -10.6. The van der Waals surface area contributed by atoms with Gasteiger partial charge in [0.25, 0.3) is 5.92 Å². The van der Waals surface area contributed by atoms with E-state index in [2.05, 4.69) is 10.6 Å². The number of carbonyl (C=O) groups is 4. The van der Waals surface area contributed by atoms with Crippen LogP contribution in [0, 0.1) is 29.1 Å². The number of carbonyl (C=O) groups excluding carboxylic acids is 4. The summed E-state index contributed by atoms with van der Waals surface area (Å²) < 4.78 is 68.5. The maximum Gasteiger partial charge on any atom is 0.471 e. The van der Waals surface area contributed by atoms with Crippen LogP contribution in [0.25, 0.3) is 0 Å². The summed E-state index contributed by atoms with van der Waals surface area (Å²) >= 11 is 0. The topological polar surface area (TPSA) is 131 Å². The number of hydrogen-bond acceptors (Lipinski definition) is 5. The van der Waals surface area contributed by atoms with Gasteiger partial charge >= 0.3 is 12.1 Å². The Morgan fingerprint density at radius 3 is 2.38 bits per heavy atom. The zero-order valence-corrected chi connectivity index (χ0v) is 20.4. The van der Waals surface area contributed by atoms with Gasteiger partial charge in [0.05, 0.1) is 12.0 Å². The number of fused-ring (bicyclic) bond motifs is 3. The molecule has 0 aromatic heterocycles. The molecule has 9 nitrogen and oxygen atoms in total. The van der Waals surface area contributed by atoms with Gasteiger partial charge in [0.15, 0.2) is 0 Å². The molecule has 6 atom stereocenters. The average Bonchev–Trinajstić information content (AvgIpc) is 3.19. The molecule has 0 aromatic rings. The summed E-state index contributed by atoms with van der Waals surface area (Å²) in [6, 6.07) is -3.94. The first-order valence-corrected chi connectivity index (χ1v) is 12.2. The first-order valence-electron chi connectivity index (χ1n) is 12.2. The SMILES string of the molecule is CC(C)C[C@H](NC(=O)C(F)(F)F)C(=O)N1C2CCC(C1C(=O)NC(C#N)CC1CCNC1=O)C(F)(F)C2. The lowest BCUT2D eigenvalue weighted by molar-refractivity contribution is -0.196. The van der Waals surface area contributed by atoms with E-state index in [1.54, 1.807) is 19.2 Å². The zero-order chi connectivity index (χ0) is 27.7. The quantitative estimate of drug-likeness (QED) is 0.407. The molecule has 4 aliphatic rings. The molecular formula is C23H30F5N5O4. The van der Waals surface area contributed by atoms with Crippen LogP contribution in [0.2, 0.25) is 0 Å². The van der Waals surface area contributed by atoms with Crippen LogP contribution in [0.5, 0.6) is 0 Å². The Balaban J connectivity index is 1.87. The van der Waals surface area contributed by atoms with E-state index in [4.69, 9.17) is 0 Å². The third-order valence-corrected chi connectivity index (χ3v) is 7.18. The number of alkyl halides is 5. The molecule has 4 rings (SSSR count). The minimum Gasteiger partial charge on any atom is -0.356 e. The van der Waals surface area contributed by atoms with Crippen LogP contribution >= 0.6 is 0 Å². The van der Waals surface area contributed by atoms with Crippen LogP contribution in [-0.4, -0.2) is 71.3 Å². The van der Waals surface area contributed by atoms with E-state index in [-0.39, 0.29) is 37.5 Å². The fraction of sp³-hybridized carbons (Fsp3) is 0.783. The first kappa shape index (κ1) is 28.6. The van der Waals surface area contributed by atoms with Crippen LogP contribution in [0.3, 0.4) is 0 Å². The molecule has 2 bridgehead atoms. The van der Waals surface area contributed by atoms with E-state index in [9.17, 15) is 46.4 Å². The van der Waals surface area contributed by atoms with Crippen molar-refractivity contribution < 1.29 is 41.1 Å². The minimum atomic E-state index is -5.27. The van der Waals surface area contributed by atoms with Gasteiger partial charge in [-0.15, -0.1) is 0 Å². The van der Waals surface area contributed by atoms with Gasteiger partial charge in [-0.2, -0.15) is 18.4 Å². The second-order valence-electron chi connectivity index (χ2n) is 10.3. The fourth-order valence-corrected chi connectivity index (χ4v) is 5.49. The predicted octanol–water partition coefficient (Wildman–Crippen LogP) is 1.63. The number of piperidine rings is 2. The monoisotopic (exact) mass is 535 g/mol. The Bertz CT molecular complexity index is 966. The predicted molar refractivity (Wildman–Crippen MR) is 117 cm³/mol. The van der Waals surface area contributed by atoms with E-state index in [1.165, 1.54) is 0 Å². The van der Waals surface area contributed by atoms with Crippen molar-refractivity contribution in [2.75, 3.05) is 6.54 Å². The summed E-state index contributed by atoms with van der Waals surface area (Å²) in [6.45, 7) is 3.62. The normalized spacial score (nSPS) is 28.3. The largest absolute Gasteiger partial charge is 0.471 e. The van der Waals surface area contributed by atoms with E-state index in [0.717, 1.165) is 4.90 Å². The van der Waals surface area contributed by atoms with Gasteiger partial charge in [-0.1, -0.05) is 13.8 Å². The highest BCUT2D eigenvalue weighted by molar-refractivity contribution is 5.94. The lowest BCUT2D eigenvalue weighted by Crippen LogP contribution is -2.71. The number of nitrogens with one attached hydrogen (secondary N) is 3. The van der Waals surface area contributed by atoms with Crippen molar-refractivity contribution in [1.82, 2.24) is 20.9 Å². The van der Waals surface area contributed by atoms with E-state index in [0.29, 0.717) is 13.0 Å². The van der Waals surface area contributed by atoms with Crippen molar-refractivity contribution >= 4 is 23.6 Å². The molecule has 4 fully saturated rings. The third-order valence-electron chi connectivity index (χ3n) is 7.18. The highest BCUT2D eigenvalue weighted by Gasteiger charge is 2.61. The van der Waals surface area contributed by atoms with Crippen molar-refractivity contribution in [3.63, 3.8) is 0 Å². The van der Waals surface area contributed by atoms with E-state index in [1.807, 2.05) is 6.07 Å². The van der Waals surface area contributed by atoms with Crippen LogP contribution in [0.4, 0.5) is 22.0 Å². The van der Waals surface area contributed by atoms with Gasteiger partial charge in [-0.05, 0) is 38.0 Å². The molecule has 0 radical (unpaired) electrons. The summed E-state index contributed by atoms with van der Waals surface area (Å²) in [6.07, 6.45) is -5.87. The maximum atomic E-state index is 14.9. The summed E-state index contributed by atoms with van der Waals surface area (Å²) in [7, 11) is 0. The summed E-state index contributed by atoms with van der Waals surface area (Å²) in [5, 5.41) is 16.1. The molecule has 0 aromatic carbocycles. The Hall–Kier alpha value is -2.98. The van der Waals surface area contributed by atoms with Gasteiger partial charge in [0.1, 0.15) is 18.1 Å². The second-order valence-corrected chi connectivity index (χ2v) is 10.3. The van der Waals surface area contributed by atoms with Crippen LogP contribution in [0.1, 0.15) is 52.4 Å². The van der Waals surface area contributed by atoms with Gasteiger partial charge in [-0.25, -0.2) is 8.78 Å². The van der Waals surface area contributed by atoms with Crippen LogP contribution < -0.4 is 16.0 Å². The van der Waals surface area contributed by atoms with Gasteiger partial charge in [0, 0.05) is 24.9 Å². The number of nitriles is 1. The molecule has 14 heteroatoms. The Morgan fingerprint density at radius 2 is 1.86 bits per heavy atom. The molecule has 4 amide bonds. The molecule has 37 heavy (non-hydrogen) atoms. The molecule has 3 heterocycles. The second kappa shape index (κ2) is 10.8. The van der Waals surface area contributed by atoms with Gasteiger partial charge in [-0.3, -0.25) is 19.2 Å². The number of hydrogen-bond donors (Lipinski definition) is 3. The molecule has 3 aliphatic heterocycles. The van der Waals surface area contributed by atoms with Crippen molar-refractivity contribution in [2.24, 2.45) is 17.8 Å². The van der Waals surface area contributed by atoms with Crippen LogP contribution in [0.15, 0.2) is 0 Å². The summed E-state index contributed by atoms with van der Waals surface area (Å²) in [4.78, 5) is 51.1. The molecule has 5 unspecified atom stereocenters. The number of rotatable bonds is 8. The van der Waals surface area contributed by atoms with Crippen LogP contribution in [-0.2, 0) is 19.2 Å². The standard InChI is InChI=1S/C23H30F5N5O4/c1-11(2)7-16(32-21(37)23(26,27)28)20(36)33-14-3-4-15(22(24,25)9-14)17(33)19(35)31-13(10-29)8-12-5-6-30-18(12)34/h11-17H,3-9H2,1-2H3,(H,30,34)(H,31,35)(H,32,37)/t12?,13?,14?,15?,16-,17?/m0/s1. The Morgan fingerprint density at radius 1 is 1.19 bits per heavy atom. The van der Waals surface area contributed by atoms with Crippen molar-refractivity contribution in [2.45, 2.75) is 88.6 Å². The average molecular weight is 536 g/mol. The third kappa shape index (κ3) is 6.30. The Labute approximate surface area is 210 Å². The van der Waals surface area contributed by atoms with E-state index >= 15 is 0 Å². The molecular weight excluding hydrogens is 505 g/mol. The molecule has 0 spiro atoms. The molecule has 206 valence electrons. The minimum absolute atomic E-state index is 0.0587. The fourth-order valence-electron chi connectivity index (χ4n) is 5.49. The zero-order valence-electron chi connectivity index (χ0n) is 20.4. The summed E-state index contributed by atoms with van der Waals surface area (Å²) in [5.41, 5.74) is 0.